The molecule has 1 aromatic carbocycles. The van der Waals surface area contributed by atoms with Crippen LogP contribution in [0.5, 0.6) is 0 Å². The van der Waals surface area contributed by atoms with E-state index in [0.717, 1.165) is 25.0 Å². The van der Waals surface area contributed by atoms with E-state index in [1.807, 2.05) is 0 Å². The lowest BCUT2D eigenvalue weighted by Gasteiger charge is -2.31. The van der Waals surface area contributed by atoms with Crippen molar-refractivity contribution in [3.05, 3.63) is 52.2 Å². The first-order valence-electron chi connectivity index (χ1n) is 7.69. The molecule has 0 aliphatic carbocycles. The highest BCUT2D eigenvalue weighted by Gasteiger charge is 2.30. The zero-order valence-corrected chi connectivity index (χ0v) is 13.7. The third kappa shape index (κ3) is 3.90. The minimum atomic E-state index is -4.37. The van der Waals surface area contributed by atoms with Gasteiger partial charge in [-0.15, -0.1) is 0 Å². The van der Waals surface area contributed by atoms with Crippen LogP contribution in [0.25, 0.3) is 0 Å². The molecule has 0 saturated carbocycles. The molecule has 7 heteroatoms. The number of halogens is 3. The summed E-state index contributed by atoms with van der Waals surface area (Å²) in [7, 11) is 0. The molecule has 2 heterocycles. The van der Waals surface area contributed by atoms with Gasteiger partial charge in [0, 0.05) is 18.8 Å². The largest absolute Gasteiger partial charge is 0.416 e. The third-order valence-corrected chi connectivity index (χ3v) is 4.96. The van der Waals surface area contributed by atoms with Gasteiger partial charge in [0.1, 0.15) is 0 Å². The summed E-state index contributed by atoms with van der Waals surface area (Å²) in [4.78, 5) is 13.9. The number of urea groups is 1. The molecule has 0 radical (unpaired) electrons. The molecule has 1 aliphatic rings. The quantitative estimate of drug-likeness (QED) is 0.792. The minimum Gasteiger partial charge on any atom is -0.324 e. The van der Waals surface area contributed by atoms with E-state index >= 15 is 0 Å². The molecule has 1 N–H and O–H groups in total. The molecule has 3 nitrogen and oxygen atoms in total. The molecule has 1 aliphatic heterocycles. The van der Waals surface area contributed by atoms with E-state index in [1.54, 1.807) is 16.2 Å². The lowest BCUT2D eigenvalue weighted by atomic mass is 9.91. The molecular formula is C17H17F3N2OS. The number of piperidine rings is 1. The van der Waals surface area contributed by atoms with Gasteiger partial charge in [0.15, 0.2) is 0 Å². The van der Waals surface area contributed by atoms with Gasteiger partial charge in [-0.05, 0) is 65.4 Å². The highest BCUT2D eigenvalue weighted by molar-refractivity contribution is 7.07. The first-order valence-corrected chi connectivity index (χ1v) is 8.63. The second-order valence-electron chi connectivity index (χ2n) is 5.82. The maximum absolute atomic E-state index is 12.5. The van der Waals surface area contributed by atoms with Crippen molar-refractivity contribution in [1.29, 1.82) is 0 Å². The van der Waals surface area contributed by atoms with Gasteiger partial charge in [-0.2, -0.15) is 24.5 Å². The number of carbonyl (C=O) groups excluding carboxylic acids is 1. The first-order chi connectivity index (χ1) is 11.4. The molecule has 2 aromatic rings. The number of anilines is 1. The summed E-state index contributed by atoms with van der Waals surface area (Å²) in [6.07, 6.45) is -2.57. The van der Waals surface area contributed by atoms with Crippen molar-refractivity contribution in [1.82, 2.24) is 4.90 Å². The highest BCUT2D eigenvalue weighted by atomic mass is 32.1. The number of rotatable bonds is 2. The predicted molar refractivity (Wildman–Crippen MR) is 88.3 cm³/mol. The average molecular weight is 354 g/mol. The second-order valence-corrected chi connectivity index (χ2v) is 6.60. The van der Waals surface area contributed by atoms with Crippen LogP contribution in [0.1, 0.15) is 29.9 Å². The Kier molecular flexibility index (Phi) is 4.80. The smallest absolute Gasteiger partial charge is 0.324 e. The van der Waals surface area contributed by atoms with E-state index < -0.39 is 11.7 Å². The Bertz CT molecular complexity index is 675. The van der Waals surface area contributed by atoms with Crippen LogP contribution in [0.3, 0.4) is 0 Å². The van der Waals surface area contributed by atoms with E-state index in [4.69, 9.17) is 0 Å². The Morgan fingerprint density at radius 1 is 1.12 bits per heavy atom. The van der Waals surface area contributed by atoms with Gasteiger partial charge in [-0.1, -0.05) is 0 Å². The molecule has 0 unspecified atom stereocenters. The number of alkyl halides is 3. The Labute approximate surface area is 142 Å². The number of hydrogen-bond donors (Lipinski definition) is 1. The first kappa shape index (κ1) is 16.8. The van der Waals surface area contributed by atoms with E-state index in [-0.39, 0.29) is 6.03 Å². The van der Waals surface area contributed by atoms with Gasteiger partial charge < -0.3 is 10.2 Å². The summed E-state index contributed by atoms with van der Waals surface area (Å²) in [6, 6.07) is 6.35. The normalized spacial score (nSPS) is 16.2. The van der Waals surface area contributed by atoms with Gasteiger partial charge in [0.25, 0.3) is 0 Å². The van der Waals surface area contributed by atoms with Crippen molar-refractivity contribution in [3.63, 3.8) is 0 Å². The molecule has 1 fully saturated rings. The number of nitrogens with zero attached hydrogens (tertiary/aromatic N) is 1. The fraction of sp³-hybridized carbons (Fsp3) is 0.353. The molecular weight excluding hydrogens is 337 g/mol. The number of carbonyl (C=O) groups is 1. The van der Waals surface area contributed by atoms with Crippen LogP contribution in [0.2, 0.25) is 0 Å². The number of likely N-dealkylation sites (tertiary alicyclic amines) is 1. The van der Waals surface area contributed by atoms with E-state index in [9.17, 15) is 18.0 Å². The van der Waals surface area contributed by atoms with Crippen LogP contribution in [-0.4, -0.2) is 24.0 Å². The third-order valence-electron chi connectivity index (χ3n) is 4.26. The molecule has 2 amide bonds. The van der Waals surface area contributed by atoms with Crippen LogP contribution in [0, 0.1) is 0 Å². The molecule has 3 rings (SSSR count). The summed E-state index contributed by atoms with van der Waals surface area (Å²) in [5.41, 5.74) is 0.966. The minimum absolute atomic E-state index is 0.265. The lowest BCUT2D eigenvalue weighted by Crippen LogP contribution is -2.40. The van der Waals surface area contributed by atoms with E-state index in [0.29, 0.717) is 24.7 Å². The molecule has 0 bridgehead atoms. The van der Waals surface area contributed by atoms with Crippen molar-refractivity contribution in [2.24, 2.45) is 0 Å². The van der Waals surface area contributed by atoms with Crippen molar-refractivity contribution < 1.29 is 18.0 Å². The molecule has 1 aromatic heterocycles. The second kappa shape index (κ2) is 6.84. The summed E-state index contributed by atoms with van der Waals surface area (Å²) in [5.74, 6) is 0.478. The molecule has 24 heavy (non-hydrogen) atoms. The SMILES string of the molecule is O=C(Nc1ccc(C(F)(F)F)cc1)N1CCC(c2ccsc2)CC1. The topological polar surface area (TPSA) is 32.3 Å². The summed E-state index contributed by atoms with van der Waals surface area (Å²) in [5, 5.41) is 6.86. The fourth-order valence-electron chi connectivity index (χ4n) is 2.87. The molecule has 1 saturated heterocycles. The zero-order valence-electron chi connectivity index (χ0n) is 12.8. The number of thiophene rings is 1. The predicted octanol–water partition coefficient (Wildman–Crippen LogP) is 5.18. The van der Waals surface area contributed by atoms with Crippen molar-refractivity contribution >= 4 is 23.1 Å². The number of benzene rings is 1. The number of amides is 2. The van der Waals surface area contributed by atoms with Gasteiger partial charge in [0.05, 0.1) is 5.56 Å². The van der Waals surface area contributed by atoms with E-state index in [1.165, 1.54) is 17.7 Å². The summed E-state index contributed by atoms with van der Waals surface area (Å²) >= 11 is 1.67. The molecule has 0 atom stereocenters. The van der Waals surface area contributed by atoms with Crippen molar-refractivity contribution in [2.75, 3.05) is 18.4 Å². The van der Waals surface area contributed by atoms with Crippen LogP contribution >= 0.6 is 11.3 Å². The van der Waals surface area contributed by atoms with Gasteiger partial charge in [-0.3, -0.25) is 0 Å². The molecule has 0 spiro atoms. The highest BCUT2D eigenvalue weighted by Crippen LogP contribution is 2.31. The Morgan fingerprint density at radius 3 is 2.33 bits per heavy atom. The van der Waals surface area contributed by atoms with Crippen LogP contribution in [0.15, 0.2) is 41.1 Å². The van der Waals surface area contributed by atoms with Crippen molar-refractivity contribution in [3.8, 4) is 0 Å². The number of nitrogens with one attached hydrogen (secondary N) is 1. The average Bonchev–Trinajstić information content (AvgIpc) is 3.09. The van der Waals surface area contributed by atoms with Crippen LogP contribution in [0.4, 0.5) is 23.7 Å². The maximum atomic E-state index is 12.5. The lowest BCUT2D eigenvalue weighted by molar-refractivity contribution is -0.137. The van der Waals surface area contributed by atoms with Gasteiger partial charge >= 0.3 is 12.2 Å². The maximum Gasteiger partial charge on any atom is 0.416 e. The van der Waals surface area contributed by atoms with Gasteiger partial charge in [-0.25, -0.2) is 4.79 Å². The zero-order chi connectivity index (χ0) is 17.2. The standard InChI is InChI=1S/C17H17F3N2OS/c18-17(19,20)14-1-3-15(4-2-14)21-16(23)22-8-5-12(6-9-22)13-7-10-24-11-13/h1-4,7,10-12H,5-6,8-9H2,(H,21,23). The Morgan fingerprint density at radius 2 is 1.79 bits per heavy atom. The Hall–Kier alpha value is -2.02. The Balaban J connectivity index is 1.54. The monoisotopic (exact) mass is 354 g/mol. The van der Waals surface area contributed by atoms with Crippen LogP contribution < -0.4 is 5.32 Å². The van der Waals surface area contributed by atoms with Crippen LogP contribution in [-0.2, 0) is 6.18 Å². The fourth-order valence-corrected chi connectivity index (χ4v) is 3.61. The summed E-state index contributed by atoms with van der Waals surface area (Å²) in [6.45, 7) is 1.29. The van der Waals surface area contributed by atoms with Crippen molar-refractivity contribution in [2.45, 2.75) is 24.9 Å². The van der Waals surface area contributed by atoms with Gasteiger partial charge in [0.2, 0.25) is 0 Å². The summed E-state index contributed by atoms with van der Waals surface area (Å²) < 4.78 is 37.6. The van der Waals surface area contributed by atoms with E-state index in [2.05, 4.69) is 22.1 Å². The molecule has 128 valence electrons. The number of hydrogen-bond acceptors (Lipinski definition) is 2.